The topological polar surface area (TPSA) is 58.4 Å². The lowest BCUT2D eigenvalue weighted by atomic mass is 10.1. The molecule has 0 spiro atoms. The number of rotatable bonds is 5. The fraction of sp³-hybridized carbons (Fsp3) is 0.500. The molecule has 0 saturated heterocycles. The van der Waals surface area contributed by atoms with Gasteiger partial charge in [-0.05, 0) is 36.5 Å². The van der Waals surface area contributed by atoms with Gasteiger partial charge in [-0.3, -0.25) is 4.79 Å². The van der Waals surface area contributed by atoms with E-state index in [4.69, 9.17) is 5.73 Å². The van der Waals surface area contributed by atoms with Crippen molar-refractivity contribution in [3.63, 3.8) is 0 Å². The normalized spacial score (nSPS) is 12.8. The third kappa shape index (κ3) is 3.62. The molecule has 3 N–H and O–H groups in total. The largest absolute Gasteiger partial charge is 0.353 e. The molecule has 1 atom stereocenters. The lowest BCUT2D eigenvalue weighted by molar-refractivity contribution is -0.119. The van der Waals surface area contributed by atoms with E-state index in [0.29, 0.717) is 6.54 Å². The van der Waals surface area contributed by atoms with Crippen molar-refractivity contribution in [3.05, 3.63) is 22.4 Å². The second-order valence-electron chi connectivity index (χ2n) is 3.54. The average Bonchev–Trinajstić information content (AvgIpc) is 2.70. The zero-order chi connectivity index (χ0) is 11.3. The predicted octanol–water partition coefficient (Wildman–Crippen LogP) is 0.426. The minimum Gasteiger partial charge on any atom is -0.353 e. The molecular weight excluding hydrogens is 210 g/mol. The minimum absolute atomic E-state index is 0.0454. The molecule has 1 rings (SSSR count). The van der Waals surface area contributed by atoms with E-state index in [2.05, 4.69) is 21.7 Å². The van der Waals surface area contributed by atoms with Crippen molar-refractivity contribution < 1.29 is 4.79 Å². The molecule has 4 nitrogen and oxygen atoms in total. The highest BCUT2D eigenvalue weighted by atomic mass is 32.1. The minimum atomic E-state index is -0.114. The van der Waals surface area contributed by atoms with Crippen molar-refractivity contribution in [2.75, 3.05) is 27.2 Å². The van der Waals surface area contributed by atoms with E-state index in [1.807, 2.05) is 19.5 Å². The maximum Gasteiger partial charge on any atom is 0.233 e. The van der Waals surface area contributed by atoms with E-state index in [9.17, 15) is 4.79 Å². The van der Waals surface area contributed by atoms with Crippen LogP contribution in [0.4, 0.5) is 0 Å². The fourth-order valence-corrected chi connectivity index (χ4v) is 2.05. The number of thiophene rings is 1. The van der Waals surface area contributed by atoms with Crippen molar-refractivity contribution in [2.24, 2.45) is 5.73 Å². The monoisotopic (exact) mass is 227 g/mol. The Kier molecular flexibility index (Phi) is 4.74. The fourth-order valence-electron chi connectivity index (χ4n) is 1.35. The van der Waals surface area contributed by atoms with E-state index >= 15 is 0 Å². The van der Waals surface area contributed by atoms with Crippen molar-refractivity contribution in [1.29, 1.82) is 0 Å². The van der Waals surface area contributed by atoms with Crippen LogP contribution in [-0.4, -0.2) is 38.0 Å². The first kappa shape index (κ1) is 12.2. The number of carbonyl (C=O) groups is 1. The smallest absolute Gasteiger partial charge is 0.233 e. The highest BCUT2D eigenvalue weighted by Crippen LogP contribution is 2.19. The van der Waals surface area contributed by atoms with Crippen LogP contribution in [-0.2, 0) is 4.79 Å². The molecular formula is C10H17N3OS. The highest BCUT2D eigenvalue weighted by molar-refractivity contribution is 7.07. The van der Waals surface area contributed by atoms with E-state index in [-0.39, 0.29) is 18.5 Å². The summed E-state index contributed by atoms with van der Waals surface area (Å²) in [6.45, 7) is 0.642. The van der Waals surface area contributed by atoms with Gasteiger partial charge in [0.15, 0.2) is 0 Å². The third-order valence-electron chi connectivity index (χ3n) is 2.23. The molecule has 84 valence electrons. The summed E-state index contributed by atoms with van der Waals surface area (Å²) in [6.07, 6.45) is 0. The molecule has 0 aromatic carbocycles. The molecule has 1 aromatic rings. The van der Waals surface area contributed by atoms with Crippen LogP contribution in [0.15, 0.2) is 16.8 Å². The highest BCUT2D eigenvalue weighted by Gasteiger charge is 2.14. The lowest BCUT2D eigenvalue weighted by Gasteiger charge is -2.23. The van der Waals surface area contributed by atoms with E-state index in [1.54, 1.807) is 11.3 Å². The summed E-state index contributed by atoms with van der Waals surface area (Å²) in [5.41, 5.74) is 6.45. The molecule has 0 radical (unpaired) electrons. The van der Waals surface area contributed by atoms with Gasteiger partial charge in [0.2, 0.25) is 5.91 Å². The molecule has 0 aliphatic rings. The van der Waals surface area contributed by atoms with Crippen LogP contribution in [0.25, 0.3) is 0 Å². The quantitative estimate of drug-likeness (QED) is 0.767. The zero-order valence-corrected chi connectivity index (χ0v) is 9.88. The second kappa shape index (κ2) is 5.85. The van der Waals surface area contributed by atoms with E-state index in [1.165, 1.54) is 5.56 Å². The van der Waals surface area contributed by atoms with Gasteiger partial charge in [-0.15, -0.1) is 0 Å². The summed E-state index contributed by atoms with van der Waals surface area (Å²) in [7, 11) is 3.99. The Labute approximate surface area is 94.1 Å². The van der Waals surface area contributed by atoms with Crippen molar-refractivity contribution in [1.82, 2.24) is 10.2 Å². The van der Waals surface area contributed by atoms with Gasteiger partial charge >= 0.3 is 0 Å². The molecule has 0 aliphatic heterocycles. The van der Waals surface area contributed by atoms with Crippen LogP contribution in [0.3, 0.4) is 0 Å². The second-order valence-corrected chi connectivity index (χ2v) is 4.32. The van der Waals surface area contributed by atoms with Gasteiger partial charge in [-0.2, -0.15) is 11.3 Å². The Morgan fingerprint density at radius 2 is 2.40 bits per heavy atom. The molecule has 0 bridgehead atoms. The Balaban J connectivity index is 2.56. The lowest BCUT2D eigenvalue weighted by Crippen LogP contribution is -2.37. The van der Waals surface area contributed by atoms with Crippen molar-refractivity contribution in [2.45, 2.75) is 6.04 Å². The summed E-state index contributed by atoms with van der Waals surface area (Å²) in [6, 6.07) is 2.29. The molecule has 1 aromatic heterocycles. The maximum atomic E-state index is 11.1. The van der Waals surface area contributed by atoms with Crippen molar-refractivity contribution >= 4 is 17.2 Å². The Hall–Kier alpha value is -0.910. The van der Waals surface area contributed by atoms with Crippen LogP contribution >= 0.6 is 11.3 Å². The summed E-state index contributed by atoms with van der Waals surface area (Å²) in [4.78, 5) is 13.1. The van der Waals surface area contributed by atoms with Gasteiger partial charge in [0, 0.05) is 6.54 Å². The van der Waals surface area contributed by atoms with Crippen LogP contribution in [0.1, 0.15) is 11.6 Å². The Morgan fingerprint density at radius 1 is 1.67 bits per heavy atom. The number of hydrogen-bond acceptors (Lipinski definition) is 4. The Morgan fingerprint density at radius 3 is 2.87 bits per heavy atom. The Bertz CT molecular complexity index is 298. The summed E-state index contributed by atoms with van der Waals surface area (Å²) >= 11 is 1.66. The zero-order valence-electron chi connectivity index (χ0n) is 9.06. The molecule has 1 unspecified atom stereocenters. The molecule has 0 fully saturated rings. The number of carbonyl (C=O) groups excluding carboxylic acids is 1. The van der Waals surface area contributed by atoms with E-state index in [0.717, 1.165) is 0 Å². The predicted molar refractivity (Wildman–Crippen MR) is 62.8 cm³/mol. The number of nitrogens with one attached hydrogen (secondary N) is 1. The molecule has 0 aliphatic carbocycles. The average molecular weight is 227 g/mol. The first-order valence-corrected chi connectivity index (χ1v) is 5.74. The third-order valence-corrected chi connectivity index (χ3v) is 2.93. The number of nitrogens with zero attached hydrogens (tertiary/aromatic N) is 1. The number of hydrogen-bond donors (Lipinski definition) is 2. The van der Waals surface area contributed by atoms with E-state index < -0.39 is 0 Å². The molecule has 15 heavy (non-hydrogen) atoms. The molecule has 0 saturated carbocycles. The van der Waals surface area contributed by atoms with Gasteiger partial charge in [0.1, 0.15) is 0 Å². The standard InChI is InChI=1S/C10H17N3OS/c1-13(2)9(6-12-10(14)5-11)8-3-4-15-7-8/h3-4,7,9H,5-6,11H2,1-2H3,(H,12,14). The first-order valence-electron chi connectivity index (χ1n) is 4.80. The number of nitrogens with two attached hydrogens (primary N) is 1. The van der Waals surface area contributed by atoms with Crippen molar-refractivity contribution in [3.8, 4) is 0 Å². The molecule has 1 amide bonds. The molecule has 5 heteroatoms. The molecule has 1 heterocycles. The van der Waals surface area contributed by atoms with Gasteiger partial charge in [0.05, 0.1) is 12.6 Å². The van der Waals surface area contributed by atoms with Crippen LogP contribution < -0.4 is 11.1 Å². The van der Waals surface area contributed by atoms with Gasteiger partial charge in [-0.1, -0.05) is 0 Å². The summed E-state index contributed by atoms with van der Waals surface area (Å²) in [5.74, 6) is -0.114. The van der Waals surface area contributed by atoms with Gasteiger partial charge in [-0.25, -0.2) is 0 Å². The van der Waals surface area contributed by atoms with Crippen LogP contribution in [0.5, 0.6) is 0 Å². The summed E-state index contributed by atoms with van der Waals surface area (Å²) < 4.78 is 0. The number of likely N-dealkylation sites (N-methyl/N-ethyl adjacent to an activating group) is 1. The van der Waals surface area contributed by atoms with Crippen LogP contribution in [0.2, 0.25) is 0 Å². The SMILES string of the molecule is CN(C)C(CNC(=O)CN)c1ccsc1. The number of amides is 1. The van der Waals surface area contributed by atoms with Gasteiger partial charge in [0.25, 0.3) is 0 Å². The summed E-state index contributed by atoms with van der Waals surface area (Å²) in [5, 5.41) is 6.94. The first-order chi connectivity index (χ1) is 7.15. The van der Waals surface area contributed by atoms with Crippen LogP contribution in [0, 0.1) is 0 Å². The maximum absolute atomic E-state index is 11.1. The van der Waals surface area contributed by atoms with Gasteiger partial charge < -0.3 is 16.0 Å².